The lowest BCUT2D eigenvalue weighted by Gasteiger charge is -2.24. The van der Waals surface area contributed by atoms with Gasteiger partial charge in [0.15, 0.2) is 0 Å². The summed E-state index contributed by atoms with van der Waals surface area (Å²) in [5, 5.41) is 23.0. The number of aromatic nitrogens is 2. The van der Waals surface area contributed by atoms with Crippen LogP contribution >= 0.6 is 11.6 Å². The summed E-state index contributed by atoms with van der Waals surface area (Å²) in [5.41, 5.74) is 4.70. The van der Waals surface area contributed by atoms with Crippen molar-refractivity contribution in [2.75, 3.05) is 18.6 Å². The van der Waals surface area contributed by atoms with Gasteiger partial charge in [-0.05, 0) is 59.5 Å². The average Bonchev–Trinajstić information content (AvgIpc) is 2.92. The average molecular weight is 547 g/mol. The fourth-order valence-corrected chi connectivity index (χ4v) is 4.10. The number of nitrogens with one attached hydrogen (secondary N) is 1. The molecule has 0 radical (unpaired) electrons. The van der Waals surface area contributed by atoms with Crippen LogP contribution in [0.15, 0.2) is 72.9 Å². The summed E-state index contributed by atoms with van der Waals surface area (Å²) in [5.74, 6) is -1.13. The fourth-order valence-electron chi connectivity index (χ4n) is 3.97. The second-order valence-electron chi connectivity index (χ2n) is 8.84. The highest BCUT2D eigenvalue weighted by atomic mass is 35.5. The Hall–Kier alpha value is -4.47. The lowest BCUT2D eigenvalue weighted by atomic mass is 10.1. The number of amides is 2. The van der Waals surface area contributed by atoms with Crippen LogP contribution in [0.2, 0.25) is 5.28 Å². The molecule has 0 unspecified atom stereocenters. The summed E-state index contributed by atoms with van der Waals surface area (Å²) in [7, 11) is 1.46. The standard InChI is InChI=1S/C29H27ClN4O5/c1-18-14-32-29(30)33-27(18)21-7-9-22(10-8-21)34(28(38)24-12-11-23(35)13-25(24)36)16-20-5-3-19(4-6-20)15-31-26(37)17-39-2/h3-14,35-36H,15-17H2,1-2H3,(H,31,37). The number of phenolic OH excluding ortho intramolecular Hbond substituents is 2. The molecule has 0 fully saturated rings. The summed E-state index contributed by atoms with van der Waals surface area (Å²) < 4.78 is 4.82. The normalized spacial score (nSPS) is 10.7. The summed E-state index contributed by atoms with van der Waals surface area (Å²) in [6.45, 7) is 2.42. The summed E-state index contributed by atoms with van der Waals surface area (Å²) in [6, 6.07) is 18.6. The summed E-state index contributed by atoms with van der Waals surface area (Å²) in [6.07, 6.45) is 1.65. The molecule has 0 aliphatic rings. The van der Waals surface area contributed by atoms with Crippen LogP contribution in [0.25, 0.3) is 11.3 Å². The predicted molar refractivity (Wildman–Crippen MR) is 148 cm³/mol. The highest BCUT2D eigenvalue weighted by Crippen LogP contribution is 2.30. The minimum Gasteiger partial charge on any atom is -0.508 e. The number of benzene rings is 3. The van der Waals surface area contributed by atoms with Crippen molar-refractivity contribution in [2.24, 2.45) is 0 Å². The first-order valence-corrected chi connectivity index (χ1v) is 12.4. The van der Waals surface area contributed by atoms with E-state index in [0.717, 1.165) is 28.3 Å². The minimum absolute atomic E-state index is 0.0120. The molecule has 3 N–H and O–H groups in total. The maximum atomic E-state index is 13.6. The summed E-state index contributed by atoms with van der Waals surface area (Å²) >= 11 is 5.99. The number of hydrogen-bond acceptors (Lipinski definition) is 7. The third kappa shape index (κ3) is 6.90. The van der Waals surface area contributed by atoms with E-state index in [0.29, 0.717) is 17.9 Å². The van der Waals surface area contributed by atoms with Gasteiger partial charge in [0, 0.05) is 37.2 Å². The number of anilines is 1. The van der Waals surface area contributed by atoms with Gasteiger partial charge >= 0.3 is 0 Å². The van der Waals surface area contributed by atoms with Gasteiger partial charge in [0.2, 0.25) is 11.2 Å². The molecule has 0 saturated carbocycles. The number of halogens is 1. The molecule has 0 atom stereocenters. The molecule has 10 heteroatoms. The molecule has 9 nitrogen and oxygen atoms in total. The number of methoxy groups -OCH3 is 1. The molecule has 0 spiro atoms. The van der Waals surface area contributed by atoms with Crippen molar-refractivity contribution < 1.29 is 24.5 Å². The van der Waals surface area contributed by atoms with Crippen molar-refractivity contribution in [2.45, 2.75) is 20.0 Å². The first-order chi connectivity index (χ1) is 18.7. The number of ether oxygens (including phenoxy) is 1. The third-order valence-electron chi connectivity index (χ3n) is 5.98. The van der Waals surface area contributed by atoms with Gasteiger partial charge in [-0.15, -0.1) is 0 Å². The highest BCUT2D eigenvalue weighted by Gasteiger charge is 2.22. The molecule has 1 heterocycles. The van der Waals surface area contributed by atoms with E-state index in [4.69, 9.17) is 16.3 Å². The second-order valence-corrected chi connectivity index (χ2v) is 9.17. The van der Waals surface area contributed by atoms with E-state index in [9.17, 15) is 19.8 Å². The third-order valence-corrected chi connectivity index (χ3v) is 6.16. The monoisotopic (exact) mass is 546 g/mol. The number of aromatic hydroxyl groups is 2. The Labute approximate surface area is 230 Å². The second kappa shape index (κ2) is 12.4. The largest absolute Gasteiger partial charge is 0.508 e. The van der Waals surface area contributed by atoms with Gasteiger partial charge in [-0.2, -0.15) is 0 Å². The molecule has 2 amide bonds. The molecule has 0 aliphatic heterocycles. The van der Waals surface area contributed by atoms with E-state index in [-0.39, 0.29) is 41.4 Å². The van der Waals surface area contributed by atoms with Crippen molar-refractivity contribution in [3.05, 3.63) is 100 Å². The molecule has 3 aromatic carbocycles. The zero-order valence-corrected chi connectivity index (χ0v) is 22.1. The van der Waals surface area contributed by atoms with Crippen molar-refractivity contribution >= 4 is 29.1 Å². The number of phenols is 2. The van der Waals surface area contributed by atoms with Crippen molar-refractivity contribution in [3.63, 3.8) is 0 Å². The van der Waals surface area contributed by atoms with Gasteiger partial charge in [0.1, 0.15) is 18.1 Å². The quantitative estimate of drug-likeness (QED) is 0.261. The number of rotatable bonds is 9. The number of aryl methyl sites for hydroxylation is 1. The minimum atomic E-state index is -0.447. The number of hydrogen-bond donors (Lipinski definition) is 3. The van der Waals surface area contributed by atoms with Crippen molar-refractivity contribution in [1.29, 1.82) is 0 Å². The van der Waals surface area contributed by atoms with E-state index < -0.39 is 5.91 Å². The van der Waals surface area contributed by atoms with E-state index in [1.807, 2.05) is 43.3 Å². The Morgan fingerprint density at radius 2 is 1.69 bits per heavy atom. The Bertz CT molecular complexity index is 1480. The molecule has 0 bridgehead atoms. The van der Waals surface area contributed by atoms with Crippen LogP contribution in [0, 0.1) is 6.92 Å². The van der Waals surface area contributed by atoms with Crippen LogP contribution in [0.4, 0.5) is 5.69 Å². The highest BCUT2D eigenvalue weighted by molar-refractivity contribution is 6.28. The Balaban J connectivity index is 1.62. The molecular weight excluding hydrogens is 520 g/mol. The molecular formula is C29H27ClN4O5. The van der Waals surface area contributed by atoms with E-state index in [2.05, 4.69) is 15.3 Å². The van der Waals surface area contributed by atoms with Crippen LogP contribution < -0.4 is 10.2 Å². The maximum Gasteiger partial charge on any atom is 0.262 e. The molecule has 4 aromatic rings. The number of nitrogens with zero attached hydrogens (tertiary/aromatic N) is 3. The van der Waals surface area contributed by atoms with Crippen molar-refractivity contribution in [1.82, 2.24) is 15.3 Å². The Morgan fingerprint density at radius 3 is 2.36 bits per heavy atom. The van der Waals surface area contributed by atoms with Crippen molar-refractivity contribution in [3.8, 4) is 22.8 Å². The maximum absolute atomic E-state index is 13.6. The first kappa shape index (κ1) is 27.6. The molecule has 4 rings (SSSR count). The van der Waals surface area contributed by atoms with Gasteiger partial charge in [0.25, 0.3) is 5.91 Å². The lowest BCUT2D eigenvalue weighted by Crippen LogP contribution is -2.30. The molecule has 0 aliphatic carbocycles. The number of carbonyl (C=O) groups excluding carboxylic acids is 2. The van der Waals surface area contributed by atoms with Crippen LogP contribution in [0.3, 0.4) is 0 Å². The topological polar surface area (TPSA) is 125 Å². The lowest BCUT2D eigenvalue weighted by molar-refractivity contribution is -0.124. The van der Waals surface area contributed by atoms with Gasteiger partial charge in [-0.3, -0.25) is 9.59 Å². The molecule has 39 heavy (non-hydrogen) atoms. The zero-order chi connectivity index (χ0) is 27.9. The van der Waals surface area contributed by atoms with Gasteiger partial charge in [-0.25, -0.2) is 9.97 Å². The Morgan fingerprint density at radius 1 is 1.00 bits per heavy atom. The van der Waals surface area contributed by atoms with E-state index in [1.54, 1.807) is 18.3 Å². The summed E-state index contributed by atoms with van der Waals surface area (Å²) in [4.78, 5) is 35.1. The zero-order valence-electron chi connectivity index (χ0n) is 21.4. The van der Waals surface area contributed by atoms with E-state index >= 15 is 0 Å². The van der Waals surface area contributed by atoms with Crippen LogP contribution in [-0.2, 0) is 22.6 Å². The predicted octanol–water partition coefficient (Wildman–Crippen LogP) is 4.63. The van der Waals surface area contributed by atoms with E-state index in [1.165, 1.54) is 24.1 Å². The SMILES string of the molecule is COCC(=O)NCc1ccc(CN(C(=O)c2ccc(O)cc2O)c2ccc(-c3nc(Cl)ncc3C)cc2)cc1. The molecule has 0 saturated heterocycles. The number of carbonyl (C=O) groups is 2. The van der Waals surface area contributed by atoms with Crippen LogP contribution in [-0.4, -0.2) is 45.7 Å². The van der Waals surface area contributed by atoms with Gasteiger partial charge in [0.05, 0.1) is 17.8 Å². The van der Waals surface area contributed by atoms with Gasteiger partial charge < -0.3 is 25.2 Å². The fraction of sp³-hybridized carbons (Fsp3) is 0.172. The van der Waals surface area contributed by atoms with Crippen LogP contribution in [0.1, 0.15) is 27.0 Å². The molecule has 1 aromatic heterocycles. The first-order valence-electron chi connectivity index (χ1n) is 12.0. The molecule has 200 valence electrons. The van der Waals surface area contributed by atoms with Crippen LogP contribution in [0.5, 0.6) is 11.5 Å². The Kier molecular flexibility index (Phi) is 8.75. The van der Waals surface area contributed by atoms with Gasteiger partial charge in [-0.1, -0.05) is 36.4 Å². The smallest absolute Gasteiger partial charge is 0.262 e.